The van der Waals surface area contributed by atoms with Crippen molar-refractivity contribution in [3.8, 4) is 0 Å². The molecule has 0 amide bonds. The third kappa shape index (κ3) is 3.51. The Bertz CT molecular complexity index is 514. The minimum absolute atomic E-state index is 0.183. The second-order valence-electron chi connectivity index (χ2n) is 6.71. The van der Waals surface area contributed by atoms with Crippen molar-refractivity contribution in [3.63, 3.8) is 0 Å². The Morgan fingerprint density at radius 1 is 1.48 bits per heavy atom. The van der Waals surface area contributed by atoms with Crippen LogP contribution in [-0.4, -0.2) is 17.1 Å². The molecule has 118 valence electrons. The lowest BCUT2D eigenvalue weighted by Crippen LogP contribution is -2.51. The zero-order valence-corrected chi connectivity index (χ0v) is 15.4. The number of rotatable bonds is 4. The molecule has 0 aromatic carbocycles. The molecule has 1 aromatic heterocycles. The number of carbonyl (C=O) groups is 1. The van der Waals surface area contributed by atoms with Crippen molar-refractivity contribution in [1.29, 1.82) is 0 Å². The maximum Gasteiger partial charge on any atom is 0.307 e. The maximum absolute atomic E-state index is 11.4. The quantitative estimate of drug-likeness (QED) is 0.804. The number of carboxylic acid groups (broad SMARTS) is 1. The molecule has 21 heavy (non-hydrogen) atoms. The fourth-order valence-corrected chi connectivity index (χ4v) is 4.87. The fourth-order valence-electron chi connectivity index (χ4n) is 3.44. The van der Waals surface area contributed by atoms with Gasteiger partial charge >= 0.3 is 5.97 Å². The molecule has 3 nitrogen and oxygen atoms in total. The lowest BCUT2D eigenvalue weighted by atomic mass is 9.61. The zero-order chi connectivity index (χ0) is 15.8. The standard InChI is InChI=1S/C16H24BrNO2S/c1-9-12(6-5-11(15(19)20)16(9,3)4)18-10(2)13-7-8-14(17)21-13/h7-12,18H,5-6H2,1-4H3,(H,19,20). The van der Waals surface area contributed by atoms with Gasteiger partial charge in [0, 0.05) is 17.0 Å². The van der Waals surface area contributed by atoms with Gasteiger partial charge in [0.05, 0.1) is 9.70 Å². The van der Waals surface area contributed by atoms with Crippen molar-refractivity contribution in [2.24, 2.45) is 17.3 Å². The topological polar surface area (TPSA) is 49.3 Å². The first-order valence-electron chi connectivity index (χ1n) is 7.47. The average Bonchev–Trinajstić information content (AvgIpc) is 2.81. The first-order chi connectivity index (χ1) is 9.73. The molecule has 1 aromatic rings. The molecule has 5 heteroatoms. The predicted octanol–water partition coefficient (Wildman–Crippen LogP) is 4.69. The Morgan fingerprint density at radius 2 is 2.14 bits per heavy atom. The van der Waals surface area contributed by atoms with Crippen molar-refractivity contribution in [1.82, 2.24) is 5.32 Å². The number of aliphatic carboxylic acids is 1. The molecule has 1 aliphatic rings. The van der Waals surface area contributed by atoms with Crippen molar-refractivity contribution < 1.29 is 9.90 Å². The first kappa shape index (κ1) is 17.0. The van der Waals surface area contributed by atoms with Gasteiger partial charge in [-0.2, -0.15) is 0 Å². The van der Waals surface area contributed by atoms with Crippen LogP contribution < -0.4 is 5.32 Å². The Morgan fingerprint density at radius 3 is 2.67 bits per heavy atom. The normalized spacial score (nSPS) is 30.0. The highest BCUT2D eigenvalue weighted by molar-refractivity contribution is 9.11. The van der Waals surface area contributed by atoms with E-state index in [9.17, 15) is 9.90 Å². The fraction of sp³-hybridized carbons (Fsp3) is 0.688. The molecule has 0 radical (unpaired) electrons. The second-order valence-corrected chi connectivity index (χ2v) is 9.21. The molecule has 1 fully saturated rings. The van der Waals surface area contributed by atoms with Crippen LogP contribution in [0.2, 0.25) is 0 Å². The predicted molar refractivity (Wildman–Crippen MR) is 90.7 cm³/mol. The van der Waals surface area contributed by atoms with Crippen LogP contribution in [0.3, 0.4) is 0 Å². The summed E-state index contributed by atoms with van der Waals surface area (Å²) in [5.74, 6) is -0.560. The van der Waals surface area contributed by atoms with Crippen molar-refractivity contribution >= 4 is 33.2 Å². The van der Waals surface area contributed by atoms with Gasteiger partial charge in [-0.05, 0) is 59.2 Å². The molecule has 4 unspecified atom stereocenters. The number of thiophene rings is 1. The summed E-state index contributed by atoms with van der Waals surface area (Å²) in [6.07, 6.45) is 1.68. The van der Waals surface area contributed by atoms with E-state index in [0.717, 1.165) is 16.6 Å². The number of hydrogen-bond donors (Lipinski definition) is 2. The van der Waals surface area contributed by atoms with Gasteiger partial charge in [-0.25, -0.2) is 0 Å². The van der Waals surface area contributed by atoms with Gasteiger partial charge in [0.1, 0.15) is 0 Å². The minimum Gasteiger partial charge on any atom is -0.481 e. The Labute approximate surface area is 139 Å². The summed E-state index contributed by atoms with van der Waals surface area (Å²) >= 11 is 5.26. The highest BCUT2D eigenvalue weighted by atomic mass is 79.9. The number of carboxylic acids is 1. The SMILES string of the molecule is CC(NC1CCC(C(=O)O)C(C)(C)C1C)c1ccc(Br)s1. The lowest BCUT2D eigenvalue weighted by molar-refractivity contribution is -0.150. The summed E-state index contributed by atoms with van der Waals surface area (Å²) in [5, 5.41) is 13.1. The summed E-state index contributed by atoms with van der Waals surface area (Å²) in [4.78, 5) is 12.8. The van der Waals surface area contributed by atoms with Crippen molar-refractivity contribution in [2.45, 2.75) is 52.6 Å². The highest BCUT2D eigenvalue weighted by Gasteiger charge is 2.46. The van der Waals surface area contributed by atoms with E-state index < -0.39 is 5.97 Å². The van der Waals surface area contributed by atoms with E-state index >= 15 is 0 Å². The van der Waals surface area contributed by atoms with Gasteiger partial charge < -0.3 is 10.4 Å². The molecule has 0 aliphatic heterocycles. The van der Waals surface area contributed by atoms with E-state index in [4.69, 9.17) is 0 Å². The van der Waals surface area contributed by atoms with E-state index in [2.05, 4.69) is 61.1 Å². The summed E-state index contributed by atoms with van der Waals surface area (Å²) in [6.45, 7) is 8.55. The van der Waals surface area contributed by atoms with Gasteiger partial charge in [-0.1, -0.05) is 20.8 Å². The van der Waals surface area contributed by atoms with E-state index in [-0.39, 0.29) is 11.3 Å². The average molecular weight is 374 g/mol. The smallest absolute Gasteiger partial charge is 0.307 e. The molecule has 1 aliphatic carbocycles. The second kappa shape index (κ2) is 6.39. The van der Waals surface area contributed by atoms with Crippen molar-refractivity contribution in [2.75, 3.05) is 0 Å². The Balaban J connectivity index is 2.07. The summed E-state index contributed by atoms with van der Waals surface area (Å²) < 4.78 is 1.15. The molecule has 0 bridgehead atoms. The highest BCUT2D eigenvalue weighted by Crippen LogP contribution is 2.45. The molecule has 2 N–H and O–H groups in total. The molecule has 0 spiro atoms. The maximum atomic E-state index is 11.4. The van der Waals surface area contributed by atoms with Gasteiger partial charge in [0.25, 0.3) is 0 Å². The Kier molecular flexibility index (Phi) is 5.16. The number of nitrogens with one attached hydrogen (secondary N) is 1. The Hall–Kier alpha value is -0.390. The van der Waals surface area contributed by atoms with Crippen LogP contribution in [0.1, 0.15) is 51.5 Å². The third-order valence-electron chi connectivity index (χ3n) is 5.22. The van der Waals surface area contributed by atoms with E-state index in [1.165, 1.54) is 4.88 Å². The monoisotopic (exact) mass is 373 g/mol. The largest absolute Gasteiger partial charge is 0.481 e. The summed E-state index contributed by atoms with van der Waals surface area (Å²) in [7, 11) is 0. The molecule has 1 saturated carbocycles. The molecule has 2 rings (SSSR count). The minimum atomic E-state index is -0.652. The van der Waals surface area contributed by atoms with E-state index in [0.29, 0.717) is 18.0 Å². The van der Waals surface area contributed by atoms with Crippen molar-refractivity contribution in [3.05, 3.63) is 20.8 Å². The summed E-state index contributed by atoms with van der Waals surface area (Å²) in [5.41, 5.74) is -0.183. The number of hydrogen-bond acceptors (Lipinski definition) is 3. The van der Waals surface area contributed by atoms with E-state index in [1.54, 1.807) is 11.3 Å². The van der Waals surface area contributed by atoms with Crippen LogP contribution in [0.25, 0.3) is 0 Å². The van der Waals surface area contributed by atoms with Crippen LogP contribution in [0.5, 0.6) is 0 Å². The lowest BCUT2D eigenvalue weighted by Gasteiger charge is -2.47. The van der Waals surface area contributed by atoms with Crippen LogP contribution in [-0.2, 0) is 4.79 Å². The van der Waals surface area contributed by atoms with Crippen LogP contribution >= 0.6 is 27.3 Å². The first-order valence-corrected chi connectivity index (χ1v) is 9.08. The molecule has 0 saturated heterocycles. The molecule has 1 heterocycles. The molecular weight excluding hydrogens is 350 g/mol. The number of halogens is 1. The van der Waals surface area contributed by atoms with Crippen LogP contribution in [0.15, 0.2) is 15.9 Å². The van der Waals surface area contributed by atoms with E-state index in [1.807, 2.05) is 0 Å². The molecule has 4 atom stereocenters. The van der Waals surface area contributed by atoms with Crippen LogP contribution in [0, 0.1) is 17.3 Å². The summed E-state index contributed by atoms with van der Waals surface area (Å²) in [6, 6.07) is 4.88. The van der Waals surface area contributed by atoms with Gasteiger partial charge in [0.15, 0.2) is 0 Å². The van der Waals surface area contributed by atoms with Gasteiger partial charge in [-0.3, -0.25) is 4.79 Å². The molecular formula is C16H24BrNO2S. The van der Waals surface area contributed by atoms with Gasteiger partial charge in [-0.15, -0.1) is 11.3 Å². The third-order valence-corrected chi connectivity index (χ3v) is 7.03. The van der Waals surface area contributed by atoms with Crippen LogP contribution in [0.4, 0.5) is 0 Å². The zero-order valence-electron chi connectivity index (χ0n) is 13.0. The van der Waals surface area contributed by atoms with Gasteiger partial charge in [0.2, 0.25) is 0 Å².